The predicted molar refractivity (Wildman–Crippen MR) is 112 cm³/mol. The number of hydrogen-bond donors (Lipinski definition) is 1. The molecule has 4 aliphatic rings. The number of fused-ring (bicyclic) bond motifs is 1. The van der Waals surface area contributed by atoms with Gasteiger partial charge in [-0.05, 0) is 44.4 Å². The van der Waals surface area contributed by atoms with Crippen molar-refractivity contribution in [3.05, 3.63) is 42.0 Å². The van der Waals surface area contributed by atoms with Gasteiger partial charge in [0.05, 0.1) is 37.1 Å². The Hall–Kier alpha value is -2.34. The molecule has 6 nitrogen and oxygen atoms in total. The fourth-order valence-electron chi connectivity index (χ4n) is 5.97. The number of nitrogens with one attached hydrogen (secondary N) is 1. The number of likely N-dealkylation sites (tertiary alicyclic amines) is 1. The van der Waals surface area contributed by atoms with Gasteiger partial charge in [-0.25, -0.2) is 0 Å². The number of hydrogen-bond acceptors (Lipinski definition) is 4. The van der Waals surface area contributed by atoms with Gasteiger partial charge in [-0.3, -0.25) is 9.59 Å². The first-order valence-corrected chi connectivity index (χ1v) is 11.0. The molecule has 30 heavy (non-hydrogen) atoms. The SMILES string of the molecule is COc1cccc(C2(NC(=O)C3C4C=CC5(CN(C(C)C)C(=O)C35)O4)CCCC2)c1. The first kappa shape index (κ1) is 19.6. The summed E-state index contributed by atoms with van der Waals surface area (Å²) in [5.41, 5.74) is 0.0138. The summed E-state index contributed by atoms with van der Waals surface area (Å²) in [6, 6.07) is 8.07. The van der Waals surface area contributed by atoms with Gasteiger partial charge in [-0.2, -0.15) is 0 Å². The van der Waals surface area contributed by atoms with E-state index in [2.05, 4.69) is 11.4 Å². The van der Waals surface area contributed by atoms with Crippen molar-refractivity contribution in [1.29, 1.82) is 0 Å². The van der Waals surface area contributed by atoms with Gasteiger partial charge in [-0.15, -0.1) is 0 Å². The minimum atomic E-state index is -0.646. The average Bonchev–Trinajstić information content (AvgIpc) is 3.49. The highest BCUT2D eigenvalue weighted by Gasteiger charge is 2.67. The van der Waals surface area contributed by atoms with Crippen LogP contribution in [0.5, 0.6) is 5.75 Å². The molecular formula is C24H30N2O4. The number of methoxy groups -OCH3 is 1. The summed E-state index contributed by atoms with van der Waals surface area (Å²) >= 11 is 0. The molecule has 6 heteroatoms. The van der Waals surface area contributed by atoms with Crippen molar-refractivity contribution < 1.29 is 19.1 Å². The Morgan fingerprint density at radius 3 is 2.77 bits per heavy atom. The Labute approximate surface area is 177 Å². The second-order valence-electron chi connectivity index (χ2n) is 9.47. The maximum absolute atomic E-state index is 13.7. The highest BCUT2D eigenvalue weighted by atomic mass is 16.5. The lowest BCUT2D eigenvalue weighted by Gasteiger charge is -2.34. The standard InChI is InChI=1S/C24H30N2O4/c1-15(2)26-14-24-12-9-18(30-24)19(20(24)22(26)28)21(27)25-23(10-4-5-11-23)16-7-6-8-17(13-16)29-3/h6-9,12-13,15,18-20H,4-5,10-11,14H2,1-3H3,(H,25,27). The summed E-state index contributed by atoms with van der Waals surface area (Å²) in [6.07, 6.45) is 7.58. The fourth-order valence-corrected chi connectivity index (χ4v) is 5.97. The number of nitrogens with zero attached hydrogens (tertiary/aromatic N) is 1. The van der Waals surface area contributed by atoms with Crippen LogP contribution in [0.4, 0.5) is 0 Å². The maximum Gasteiger partial charge on any atom is 0.230 e. The Morgan fingerprint density at radius 2 is 2.07 bits per heavy atom. The van der Waals surface area contributed by atoms with E-state index in [0.717, 1.165) is 37.0 Å². The normalized spacial score (nSPS) is 33.4. The van der Waals surface area contributed by atoms with Crippen molar-refractivity contribution in [2.45, 2.75) is 62.8 Å². The van der Waals surface area contributed by atoms with Crippen LogP contribution in [0.2, 0.25) is 0 Å². The second kappa shape index (κ2) is 6.84. The average molecular weight is 411 g/mol. The smallest absolute Gasteiger partial charge is 0.230 e. The van der Waals surface area contributed by atoms with Gasteiger partial charge in [0.2, 0.25) is 11.8 Å². The van der Waals surface area contributed by atoms with Crippen LogP contribution >= 0.6 is 0 Å². The highest BCUT2D eigenvalue weighted by Crippen LogP contribution is 2.52. The van der Waals surface area contributed by atoms with E-state index in [1.165, 1.54) is 0 Å². The zero-order valence-corrected chi connectivity index (χ0v) is 17.9. The molecule has 1 aromatic rings. The highest BCUT2D eigenvalue weighted by molar-refractivity contribution is 5.93. The van der Waals surface area contributed by atoms with E-state index < -0.39 is 23.0 Å². The number of benzene rings is 1. The molecule has 160 valence electrons. The summed E-state index contributed by atoms with van der Waals surface area (Å²) in [5, 5.41) is 3.38. The quantitative estimate of drug-likeness (QED) is 0.758. The molecule has 4 unspecified atom stereocenters. The number of rotatable bonds is 5. The summed E-state index contributed by atoms with van der Waals surface area (Å²) in [7, 11) is 1.66. The van der Waals surface area contributed by atoms with Crippen molar-refractivity contribution in [2.75, 3.05) is 13.7 Å². The van der Waals surface area contributed by atoms with E-state index in [0.29, 0.717) is 6.54 Å². The first-order chi connectivity index (χ1) is 14.4. The third-order valence-electron chi connectivity index (χ3n) is 7.50. The van der Waals surface area contributed by atoms with Crippen LogP contribution in [0.15, 0.2) is 36.4 Å². The van der Waals surface area contributed by atoms with Crippen LogP contribution in [0.25, 0.3) is 0 Å². The zero-order chi connectivity index (χ0) is 21.1. The maximum atomic E-state index is 13.7. The van der Waals surface area contributed by atoms with E-state index in [4.69, 9.17) is 9.47 Å². The zero-order valence-electron chi connectivity index (χ0n) is 17.9. The minimum absolute atomic E-state index is 0.0406. The van der Waals surface area contributed by atoms with Crippen LogP contribution in [-0.2, 0) is 19.9 Å². The molecule has 3 fully saturated rings. The topological polar surface area (TPSA) is 67.9 Å². The second-order valence-corrected chi connectivity index (χ2v) is 9.47. The number of ether oxygens (including phenoxy) is 2. The predicted octanol–water partition coefficient (Wildman–Crippen LogP) is 2.77. The van der Waals surface area contributed by atoms with Gasteiger partial charge in [0.1, 0.15) is 11.4 Å². The fraction of sp³-hybridized carbons (Fsp3) is 0.583. The summed E-state index contributed by atoms with van der Waals surface area (Å²) in [4.78, 5) is 28.7. The lowest BCUT2D eigenvalue weighted by Crippen LogP contribution is -2.51. The van der Waals surface area contributed by atoms with Gasteiger partial charge in [0.25, 0.3) is 0 Å². The number of carbonyl (C=O) groups excluding carboxylic acids is 2. The van der Waals surface area contributed by atoms with Gasteiger partial charge in [0, 0.05) is 6.04 Å². The first-order valence-electron chi connectivity index (χ1n) is 11.0. The molecule has 1 aromatic carbocycles. The molecule has 4 atom stereocenters. The van der Waals surface area contributed by atoms with Gasteiger partial charge >= 0.3 is 0 Å². The molecular weight excluding hydrogens is 380 g/mol. The van der Waals surface area contributed by atoms with E-state index in [9.17, 15) is 9.59 Å². The third-order valence-corrected chi connectivity index (χ3v) is 7.50. The van der Waals surface area contributed by atoms with Crippen molar-refractivity contribution in [3.8, 4) is 5.75 Å². The number of carbonyl (C=O) groups is 2. The Morgan fingerprint density at radius 1 is 1.30 bits per heavy atom. The van der Waals surface area contributed by atoms with Crippen molar-refractivity contribution in [3.63, 3.8) is 0 Å². The molecule has 2 amide bonds. The Balaban J connectivity index is 1.44. The van der Waals surface area contributed by atoms with Gasteiger partial charge in [-0.1, -0.05) is 37.1 Å². The Kier molecular flexibility index (Phi) is 4.47. The molecule has 1 spiro atoms. The molecule has 0 radical (unpaired) electrons. The van der Waals surface area contributed by atoms with E-state index >= 15 is 0 Å². The molecule has 2 bridgehead atoms. The lowest BCUT2D eigenvalue weighted by atomic mass is 9.76. The van der Waals surface area contributed by atoms with E-state index in [1.807, 2.05) is 49.1 Å². The molecule has 1 aliphatic carbocycles. The molecule has 1 saturated carbocycles. The molecule has 1 N–H and O–H groups in total. The summed E-state index contributed by atoms with van der Waals surface area (Å²) in [6.45, 7) is 4.56. The Bertz CT molecular complexity index is 904. The monoisotopic (exact) mass is 410 g/mol. The molecule has 3 aliphatic heterocycles. The van der Waals surface area contributed by atoms with Crippen molar-refractivity contribution in [2.24, 2.45) is 11.8 Å². The third kappa shape index (κ3) is 2.73. The van der Waals surface area contributed by atoms with Crippen molar-refractivity contribution in [1.82, 2.24) is 10.2 Å². The van der Waals surface area contributed by atoms with Crippen LogP contribution < -0.4 is 10.1 Å². The minimum Gasteiger partial charge on any atom is -0.497 e. The van der Waals surface area contributed by atoms with Gasteiger partial charge < -0.3 is 19.7 Å². The molecule has 5 rings (SSSR count). The van der Waals surface area contributed by atoms with Crippen LogP contribution in [0, 0.1) is 11.8 Å². The summed E-state index contributed by atoms with van der Waals surface area (Å²) in [5.74, 6) is -0.150. The number of amides is 2. The lowest BCUT2D eigenvalue weighted by molar-refractivity contribution is -0.139. The van der Waals surface area contributed by atoms with Crippen LogP contribution in [-0.4, -0.2) is 48.1 Å². The molecule has 3 heterocycles. The summed E-state index contributed by atoms with van der Waals surface area (Å²) < 4.78 is 11.7. The molecule has 2 saturated heterocycles. The molecule has 0 aromatic heterocycles. The van der Waals surface area contributed by atoms with E-state index in [-0.39, 0.29) is 24.0 Å². The largest absolute Gasteiger partial charge is 0.497 e. The van der Waals surface area contributed by atoms with Gasteiger partial charge in [0.15, 0.2) is 0 Å². The van der Waals surface area contributed by atoms with Crippen LogP contribution in [0.1, 0.15) is 45.1 Å². The van der Waals surface area contributed by atoms with Crippen LogP contribution in [0.3, 0.4) is 0 Å². The van der Waals surface area contributed by atoms with Crippen molar-refractivity contribution >= 4 is 11.8 Å². The van der Waals surface area contributed by atoms with E-state index in [1.54, 1.807) is 7.11 Å².